The molecule has 0 unspecified atom stereocenters. The number of ether oxygens (including phenoxy) is 1. The van der Waals surface area contributed by atoms with Gasteiger partial charge in [0.05, 0.1) is 19.2 Å². The zero-order valence-corrected chi connectivity index (χ0v) is 16.2. The number of nitrogens with one attached hydrogen (secondary N) is 3. The third-order valence-electron chi connectivity index (χ3n) is 4.58. The highest BCUT2D eigenvalue weighted by Gasteiger charge is 2.10. The van der Waals surface area contributed by atoms with Gasteiger partial charge in [-0.25, -0.2) is 0 Å². The number of amides is 1. The van der Waals surface area contributed by atoms with E-state index in [4.69, 9.17) is 4.74 Å². The fraction of sp³-hybridized carbons (Fsp3) is 0.136. The Kier molecular flexibility index (Phi) is 5.11. The summed E-state index contributed by atoms with van der Waals surface area (Å²) < 4.78 is 5.36. The Hall–Kier alpha value is -3.87. The maximum absolute atomic E-state index is 12.4. The average molecular weight is 387 g/mol. The van der Waals surface area contributed by atoms with Gasteiger partial charge in [-0.2, -0.15) is 0 Å². The quantitative estimate of drug-likeness (QED) is 0.461. The molecule has 2 aromatic heterocycles. The molecule has 0 radical (unpaired) electrons. The van der Waals surface area contributed by atoms with Crippen molar-refractivity contribution in [3.8, 4) is 5.75 Å². The minimum atomic E-state index is -0.148. The van der Waals surface area contributed by atoms with Gasteiger partial charge in [-0.05, 0) is 48.4 Å². The molecule has 0 aliphatic carbocycles. The Bertz CT molecular complexity index is 1150. The molecule has 2 aromatic carbocycles. The summed E-state index contributed by atoms with van der Waals surface area (Å²) >= 11 is 0. The number of aromatic nitrogens is 3. The lowest BCUT2D eigenvalue weighted by atomic mass is 10.1. The number of carbonyl (C=O) groups is 1. The second kappa shape index (κ2) is 8.02. The van der Waals surface area contributed by atoms with Crippen LogP contribution in [-0.4, -0.2) is 28.2 Å². The van der Waals surface area contributed by atoms with Crippen molar-refractivity contribution in [2.24, 2.45) is 0 Å². The largest absolute Gasteiger partial charge is 0.495 e. The van der Waals surface area contributed by atoms with Crippen LogP contribution in [0.4, 0.5) is 17.3 Å². The van der Waals surface area contributed by atoms with Crippen LogP contribution in [0, 0.1) is 6.92 Å². The van der Waals surface area contributed by atoms with Crippen molar-refractivity contribution in [2.75, 3.05) is 17.7 Å². The number of carbonyl (C=O) groups excluding carboxylic acids is 1. The summed E-state index contributed by atoms with van der Waals surface area (Å²) in [5.41, 5.74) is 3.85. The van der Waals surface area contributed by atoms with E-state index in [-0.39, 0.29) is 12.3 Å². The molecule has 7 nitrogen and oxygen atoms in total. The summed E-state index contributed by atoms with van der Waals surface area (Å²) in [7, 11) is 1.62. The van der Waals surface area contributed by atoms with E-state index in [2.05, 4.69) is 25.8 Å². The lowest BCUT2D eigenvalue weighted by Gasteiger charge is -2.11. The van der Waals surface area contributed by atoms with E-state index in [9.17, 15) is 4.79 Å². The topological polar surface area (TPSA) is 91.9 Å². The summed E-state index contributed by atoms with van der Waals surface area (Å²) in [5, 5.41) is 15.2. The summed E-state index contributed by atoms with van der Waals surface area (Å²) in [4.78, 5) is 15.6. The van der Waals surface area contributed by atoms with E-state index in [0.717, 1.165) is 27.7 Å². The van der Waals surface area contributed by atoms with Gasteiger partial charge in [0.2, 0.25) is 5.91 Å². The number of methoxy groups -OCH3 is 1. The highest BCUT2D eigenvalue weighted by atomic mass is 16.5. The van der Waals surface area contributed by atoms with Gasteiger partial charge in [0.15, 0.2) is 11.6 Å². The van der Waals surface area contributed by atoms with E-state index in [1.807, 2.05) is 55.6 Å². The monoisotopic (exact) mass is 387 g/mol. The predicted octanol–water partition coefficient (Wildman–Crippen LogP) is 4.20. The van der Waals surface area contributed by atoms with Gasteiger partial charge in [-0.15, -0.1) is 10.2 Å². The second-order valence-electron chi connectivity index (χ2n) is 6.72. The first-order chi connectivity index (χ1) is 14.1. The molecule has 0 atom stereocenters. The fourth-order valence-corrected chi connectivity index (χ4v) is 3.16. The van der Waals surface area contributed by atoms with Crippen LogP contribution >= 0.6 is 0 Å². The number of H-pyrrole nitrogens is 1. The van der Waals surface area contributed by atoms with Gasteiger partial charge in [0.1, 0.15) is 5.75 Å². The summed E-state index contributed by atoms with van der Waals surface area (Å²) in [6.45, 7) is 2.00. The number of fused-ring (bicyclic) bond motifs is 1. The number of hydrogen-bond donors (Lipinski definition) is 3. The van der Waals surface area contributed by atoms with E-state index in [0.29, 0.717) is 17.4 Å². The summed E-state index contributed by atoms with van der Waals surface area (Å²) in [6, 6.07) is 17.2. The minimum Gasteiger partial charge on any atom is -0.495 e. The minimum absolute atomic E-state index is 0.148. The third-order valence-corrected chi connectivity index (χ3v) is 4.58. The van der Waals surface area contributed by atoms with Crippen molar-refractivity contribution >= 4 is 34.1 Å². The SMILES string of the molecule is COc1ccc(C)cc1Nc1ccc(NC(=O)Cc2c[nH]c3ccccc23)nn1. The van der Waals surface area contributed by atoms with Gasteiger partial charge >= 0.3 is 0 Å². The van der Waals surface area contributed by atoms with Crippen molar-refractivity contribution < 1.29 is 9.53 Å². The van der Waals surface area contributed by atoms with Crippen LogP contribution in [0.3, 0.4) is 0 Å². The molecular weight excluding hydrogens is 366 g/mol. The van der Waals surface area contributed by atoms with Gasteiger partial charge in [-0.3, -0.25) is 4.79 Å². The first-order valence-electron chi connectivity index (χ1n) is 9.22. The van der Waals surface area contributed by atoms with Gasteiger partial charge < -0.3 is 20.4 Å². The molecule has 29 heavy (non-hydrogen) atoms. The first kappa shape index (κ1) is 18.5. The lowest BCUT2D eigenvalue weighted by Crippen LogP contribution is -2.15. The highest BCUT2D eigenvalue weighted by molar-refractivity contribution is 5.95. The molecule has 0 saturated heterocycles. The molecule has 0 saturated carbocycles. The van der Waals surface area contributed by atoms with Crippen LogP contribution < -0.4 is 15.4 Å². The van der Waals surface area contributed by atoms with Crippen molar-refractivity contribution in [3.63, 3.8) is 0 Å². The summed E-state index contributed by atoms with van der Waals surface area (Å²) in [5.74, 6) is 1.53. The third kappa shape index (κ3) is 4.19. The smallest absolute Gasteiger partial charge is 0.230 e. The van der Waals surface area contributed by atoms with Gasteiger partial charge in [0.25, 0.3) is 0 Å². The van der Waals surface area contributed by atoms with Crippen molar-refractivity contribution in [1.29, 1.82) is 0 Å². The molecule has 4 rings (SSSR count). The molecule has 0 fully saturated rings. The van der Waals surface area contributed by atoms with Gasteiger partial charge in [0, 0.05) is 17.1 Å². The van der Waals surface area contributed by atoms with Crippen LogP contribution in [0.25, 0.3) is 10.9 Å². The van der Waals surface area contributed by atoms with E-state index in [1.165, 1.54) is 0 Å². The Balaban J connectivity index is 1.42. The Morgan fingerprint density at radius 2 is 1.86 bits per heavy atom. The number of benzene rings is 2. The van der Waals surface area contributed by atoms with E-state index in [1.54, 1.807) is 19.2 Å². The Labute approximate surface area is 168 Å². The predicted molar refractivity (Wildman–Crippen MR) is 114 cm³/mol. The van der Waals surface area contributed by atoms with Crippen LogP contribution in [0.5, 0.6) is 5.75 Å². The van der Waals surface area contributed by atoms with Crippen LogP contribution in [0.15, 0.2) is 60.8 Å². The van der Waals surface area contributed by atoms with Crippen LogP contribution in [0.1, 0.15) is 11.1 Å². The maximum atomic E-state index is 12.4. The molecule has 3 N–H and O–H groups in total. The molecule has 0 bridgehead atoms. The highest BCUT2D eigenvalue weighted by Crippen LogP contribution is 2.27. The zero-order valence-electron chi connectivity index (χ0n) is 16.2. The van der Waals surface area contributed by atoms with Crippen molar-refractivity contribution in [3.05, 3.63) is 71.9 Å². The molecule has 146 valence electrons. The molecule has 1 amide bonds. The Morgan fingerprint density at radius 3 is 2.66 bits per heavy atom. The molecule has 0 aliphatic heterocycles. The number of hydrogen-bond acceptors (Lipinski definition) is 5. The van der Waals surface area contributed by atoms with Crippen molar-refractivity contribution in [1.82, 2.24) is 15.2 Å². The number of rotatable bonds is 6. The average Bonchev–Trinajstić information content (AvgIpc) is 3.12. The normalized spacial score (nSPS) is 10.7. The molecular formula is C22H21N5O2. The summed E-state index contributed by atoms with van der Waals surface area (Å²) in [6.07, 6.45) is 2.12. The Morgan fingerprint density at radius 1 is 1.07 bits per heavy atom. The molecule has 7 heteroatoms. The molecule has 4 aromatic rings. The second-order valence-corrected chi connectivity index (χ2v) is 6.72. The molecule has 0 spiro atoms. The fourth-order valence-electron chi connectivity index (χ4n) is 3.16. The first-order valence-corrected chi connectivity index (χ1v) is 9.22. The number of aryl methyl sites for hydroxylation is 1. The molecule has 2 heterocycles. The number of anilines is 3. The van der Waals surface area contributed by atoms with Crippen LogP contribution in [-0.2, 0) is 11.2 Å². The number of nitrogens with zero attached hydrogens (tertiary/aromatic N) is 2. The maximum Gasteiger partial charge on any atom is 0.230 e. The lowest BCUT2D eigenvalue weighted by molar-refractivity contribution is -0.115. The molecule has 0 aliphatic rings. The number of para-hydroxylation sites is 1. The van der Waals surface area contributed by atoms with Crippen LogP contribution in [0.2, 0.25) is 0 Å². The van der Waals surface area contributed by atoms with E-state index >= 15 is 0 Å². The standard InChI is InChI=1S/C22H21N5O2/c1-14-7-8-19(29-2)18(11-14)24-20-9-10-21(27-26-20)25-22(28)12-15-13-23-17-6-4-3-5-16(15)17/h3-11,13,23H,12H2,1-2H3,(H,24,26)(H,25,27,28). The number of aromatic amines is 1. The zero-order chi connectivity index (χ0) is 20.2. The van der Waals surface area contributed by atoms with E-state index < -0.39 is 0 Å². The van der Waals surface area contributed by atoms with Crippen molar-refractivity contribution in [2.45, 2.75) is 13.3 Å². The van der Waals surface area contributed by atoms with Gasteiger partial charge in [-0.1, -0.05) is 24.3 Å².